The van der Waals surface area contributed by atoms with Crippen LogP contribution in [0.25, 0.3) is 0 Å². The Kier molecular flexibility index (Phi) is 3.69. The summed E-state index contributed by atoms with van der Waals surface area (Å²) in [5, 5.41) is 10.9. The van der Waals surface area contributed by atoms with Gasteiger partial charge in [0.15, 0.2) is 0 Å². The number of aryl methyl sites for hydroxylation is 1. The molecule has 4 nitrogen and oxygen atoms in total. The van der Waals surface area contributed by atoms with Crippen LogP contribution in [0.2, 0.25) is 5.02 Å². The molecule has 0 atom stereocenters. The van der Waals surface area contributed by atoms with E-state index in [9.17, 15) is 9.90 Å². The van der Waals surface area contributed by atoms with Crippen LogP contribution in [0.5, 0.6) is 0 Å². The Balaban J connectivity index is 2.07. The van der Waals surface area contributed by atoms with E-state index in [1.54, 1.807) is 35.8 Å². The van der Waals surface area contributed by atoms with E-state index in [4.69, 9.17) is 11.6 Å². The predicted octanol–water partition coefficient (Wildman–Crippen LogP) is 2.06. The number of aromatic nitrogens is 1. The molecule has 18 heavy (non-hydrogen) atoms. The fourth-order valence-corrected chi connectivity index (χ4v) is 2.89. The van der Waals surface area contributed by atoms with Crippen LogP contribution in [0.15, 0.2) is 12.3 Å². The predicted molar refractivity (Wildman–Crippen MR) is 70.8 cm³/mol. The van der Waals surface area contributed by atoms with Crippen LogP contribution in [-0.2, 0) is 7.05 Å². The molecule has 0 spiro atoms. The highest BCUT2D eigenvalue weighted by Crippen LogP contribution is 2.30. The number of likely N-dealkylation sites (N-methyl/N-ethyl adjacent to an activating group) is 1. The third kappa shape index (κ3) is 2.70. The van der Waals surface area contributed by atoms with Crippen molar-refractivity contribution in [2.24, 2.45) is 7.05 Å². The van der Waals surface area contributed by atoms with E-state index in [2.05, 4.69) is 0 Å². The van der Waals surface area contributed by atoms with Crippen molar-refractivity contribution in [3.63, 3.8) is 0 Å². The van der Waals surface area contributed by atoms with Gasteiger partial charge >= 0.3 is 0 Å². The van der Waals surface area contributed by atoms with Crippen LogP contribution in [0.4, 0.5) is 0 Å². The number of hydrogen-bond acceptors (Lipinski definition) is 2. The third-order valence-electron chi connectivity index (χ3n) is 3.60. The van der Waals surface area contributed by atoms with Gasteiger partial charge in [-0.1, -0.05) is 24.4 Å². The molecule has 1 aliphatic carbocycles. The molecule has 0 radical (unpaired) electrons. The van der Waals surface area contributed by atoms with Crippen LogP contribution < -0.4 is 0 Å². The highest BCUT2D eigenvalue weighted by Gasteiger charge is 2.33. The van der Waals surface area contributed by atoms with Crippen molar-refractivity contribution in [1.82, 2.24) is 9.47 Å². The van der Waals surface area contributed by atoms with Crippen molar-refractivity contribution < 1.29 is 9.90 Å². The van der Waals surface area contributed by atoms with Crippen molar-refractivity contribution in [3.05, 3.63) is 23.0 Å². The van der Waals surface area contributed by atoms with Crippen molar-refractivity contribution >= 4 is 17.5 Å². The molecular weight excluding hydrogens is 252 g/mol. The smallest absolute Gasteiger partial charge is 0.270 e. The molecular formula is C13H19ClN2O2. The van der Waals surface area contributed by atoms with Gasteiger partial charge in [0.25, 0.3) is 5.91 Å². The molecule has 0 bridgehead atoms. The van der Waals surface area contributed by atoms with Gasteiger partial charge in [-0.05, 0) is 18.9 Å². The summed E-state index contributed by atoms with van der Waals surface area (Å²) in [5.74, 6) is -0.107. The van der Waals surface area contributed by atoms with Crippen molar-refractivity contribution in [3.8, 4) is 0 Å². The summed E-state index contributed by atoms with van der Waals surface area (Å²) in [4.78, 5) is 13.8. The lowest BCUT2D eigenvalue weighted by Gasteiger charge is -2.28. The van der Waals surface area contributed by atoms with Crippen molar-refractivity contribution in [2.75, 3.05) is 13.6 Å². The van der Waals surface area contributed by atoms with Gasteiger partial charge in [-0.15, -0.1) is 0 Å². The molecule has 0 saturated heterocycles. The topological polar surface area (TPSA) is 45.5 Å². The quantitative estimate of drug-likeness (QED) is 0.914. The van der Waals surface area contributed by atoms with Crippen LogP contribution in [-0.4, -0.2) is 39.7 Å². The first-order chi connectivity index (χ1) is 8.41. The maximum atomic E-state index is 12.2. The lowest BCUT2D eigenvalue weighted by Crippen LogP contribution is -2.42. The minimum Gasteiger partial charge on any atom is -0.388 e. The molecule has 5 heteroatoms. The number of nitrogens with zero attached hydrogens (tertiary/aromatic N) is 2. The highest BCUT2D eigenvalue weighted by atomic mass is 35.5. The van der Waals surface area contributed by atoms with Gasteiger partial charge in [0.1, 0.15) is 5.69 Å². The maximum absolute atomic E-state index is 12.2. The molecule has 1 aromatic rings. The van der Waals surface area contributed by atoms with E-state index < -0.39 is 5.60 Å². The van der Waals surface area contributed by atoms with E-state index >= 15 is 0 Å². The fraction of sp³-hybridized carbons (Fsp3) is 0.615. The Morgan fingerprint density at radius 3 is 2.67 bits per heavy atom. The highest BCUT2D eigenvalue weighted by molar-refractivity contribution is 6.31. The summed E-state index contributed by atoms with van der Waals surface area (Å²) in [5.41, 5.74) is -0.163. The second-order valence-electron chi connectivity index (χ2n) is 5.25. The summed E-state index contributed by atoms with van der Waals surface area (Å²) >= 11 is 5.87. The van der Waals surface area contributed by atoms with Crippen molar-refractivity contribution in [1.29, 1.82) is 0 Å². The maximum Gasteiger partial charge on any atom is 0.270 e. The number of carbonyl (C=O) groups excluding carboxylic acids is 1. The Bertz CT molecular complexity index is 450. The average Bonchev–Trinajstić information content (AvgIpc) is 2.84. The average molecular weight is 271 g/mol. The van der Waals surface area contributed by atoms with Gasteiger partial charge in [-0.25, -0.2) is 0 Å². The van der Waals surface area contributed by atoms with E-state index in [0.29, 0.717) is 17.3 Å². The number of aliphatic hydroxyl groups is 1. The molecule has 1 aliphatic rings. The second-order valence-corrected chi connectivity index (χ2v) is 5.68. The Morgan fingerprint density at radius 1 is 1.56 bits per heavy atom. The first-order valence-electron chi connectivity index (χ1n) is 6.21. The molecule has 1 N–H and O–H groups in total. The normalized spacial score (nSPS) is 18.0. The largest absolute Gasteiger partial charge is 0.388 e. The lowest BCUT2D eigenvalue weighted by atomic mass is 10.0. The zero-order valence-corrected chi connectivity index (χ0v) is 11.6. The number of hydrogen-bond donors (Lipinski definition) is 1. The standard InChI is InChI=1S/C13H19ClN2O2/c1-15-8-10(14)7-11(15)12(17)16(2)9-13(18)5-3-4-6-13/h7-8,18H,3-6,9H2,1-2H3. The van der Waals surface area contributed by atoms with Crippen LogP contribution in [0.3, 0.4) is 0 Å². The molecule has 0 unspecified atom stereocenters. The van der Waals surface area contributed by atoms with E-state index in [1.165, 1.54) is 0 Å². The number of halogens is 1. The SMILES string of the molecule is CN(CC1(O)CCCC1)C(=O)c1cc(Cl)cn1C. The minimum absolute atomic E-state index is 0.107. The van der Waals surface area contributed by atoms with E-state index in [1.807, 2.05) is 0 Å². The van der Waals surface area contributed by atoms with Crippen LogP contribution in [0.1, 0.15) is 36.2 Å². The molecule has 1 saturated carbocycles. The van der Waals surface area contributed by atoms with E-state index in [0.717, 1.165) is 25.7 Å². The molecule has 1 heterocycles. The molecule has 0 aromatic carbocycles. The zero-order chi connectivity index (χ0) is 13.3. The molecule has 1 aromatic heterocycles. The number of carbonyl (C=O) groups is 1. The Morgan fingerprint density at radius 2 is 2.17 bits per heavy atom. The monoisotopic (exact) mass is 270 g/mol. The molecule has 2 rings (SSSR count). The summed E-state index contributed by atoms with van der Waals surface area (Å²) in [7, 11) is 3.51. The lowest BCUT2D eigenvalue weighted by molar-refractivity contribution is 0.0153. The molecule has 100 valence electrons. The first kappa shape index (κ1) is 13.4. The summed E-state index contributed by atoms with van der Waals surface area (Å²) in [6.07, 6.45) is 5.33. The number of amides is 1. The van der Waals surface area contributed by atoms with Crippen LogP contribution >= 0.6 is 11.6 Å². The van der Waals surface area contributed by atoms with Gasteiger partial charge in [-0.3, -0.25) is 4.79 Å². The van der Waals surface area contributed by atoms with Gasteiger partial charge in [0.05, 0.1) is 10.6 Å². The molecule has 1 fully saturated rings. The summed E-state index contributed by atoms with van der Waals surface area (Å²) < 4.78 is 1.71. The van der Waals surface area contributed by atoms with Gasteiger partial charge in [0, 0.05) is 26.8 Å². The zero-order valence-electron chi connectivity index (χ0n) is 10.8. The Labute approximate surface area is 112 Å². The molecule has 0 aliphatic heterocycles. The van der Waals surface area contributed by atoms with E-state index in [-0.39, 0.29) is 5.91 Å². The molecule has 1 amide bonds. The number of rotatable bonds is 3. The van der Waals surface area contributed by atoms with Crippen molar-refractivity contribution in [2.45, 2.75) is 31.3 Å². The fourth-order valence-electron chi connectivity index (χ4n) is 2.64. The van der Waals surface area contributed by atoms with Gasteiger partial charge in [0.2, 0.25) is 0 Å². The second kappa shape index (κ2) is 4.94. The summed E-state index contributed by atoms with van der Waals surface area (Å²) in [6.45, 7) is 0.384. The third-order valence-corrected chi connectivity index (χ3v) is 3.81. The van der Waals surface area contributed by atoms with Gasteiger partial charge in [-0.2, -0.15) is 0 Å². The van der Waals surface area contributed by atoms with Gasteiger partial charge < -0.3 is 14.6 Å². The summed E-state index contributed by atoms with van der Waals surface area (Å²) in [6, 6.07) is 1.65. The minimum atomic E-state index is -0.709. The van der Waals surface area contributed by atoms with Crippen LogP contribution in [0, 0.1) is 0 Å². The first-order valence-corrected chi connectivity index (χ1v) is 6.59. The Hall–Kier alpha value is -1.00.